The maximum atomic E-state index is 12.1. The van der Waals surface area contributed by atoms with Gasteiger partial charge < -0.3 is 4.74 Å². The highest BCUT2D eigenvalue weighted by Gasteiger charge is 2.18. The van der Waals surface area contributed by atoms with Crippen molar-refractivity contribution in [1.82, 2.24) is 4.72 Å². The van der Waals surface area contributed by atoms with E-state index in [1.807, 2.05) is 19.9 Å². The van der Waals surface area contributed by atoms with E-state index in [0.717, 1.165) is 0 Å². The summed E-state index contributed by atoms with van der Waals surface area (Å²) in [4.78, 5) is -0.0953. The highest BCUT2D eigenvalue weighted by molar-refractivity contribution is 7.89. The predicted octanol–water partition coefficient (Wildman–Crippen LogP) is 2.16. The summed E-state index contributed by atoms with van der Waals surface area (Å²) in [5, 5.41) is 8.87. The molecule has 1 rings (SSSR count). The van der Waals surface area contributed by atoms with Crippen LogP contribution in [0, 0.1) is 17.2 Å². The third-order valence-electron chi connectivity index (χ3n) is 2.34. The fourth-order valence-corrected chi connectivity index (χ4v) is 2.96. The van der Waals surface area contributed by atoms with Crippen LogP contribution in [0.15, 0.2) is 23.1 Å². The van der Waals surface area contributed by atoms with Crippen molar-refractivity contribution in [3.8, 4) is 6.07 Å². The smallest absolute Gasteiger partial charge is 0.242 e. The molecule has 0 unspecified atom stereocenters. The number of nitrogens with zero attached hydrogens (tertiary/aromatic N) is 1. The Labute approximate surface area is 124 Å². The van der Waals surface area contributed by atoms with Crippen LogP contribution in [-0.2, 0) is 14.8 Å². The van der Waals surface area contributed by atoms with Gasteiger partial charge in [-0.15, -0.1) is 0 Å². The van der Waals surface area contributed by atoms with Crippen LogP contribution in [0.2, 0.25) is 5.02 Å². The molecule has 0 radical (unpaired) electrons. The van der Waals surface area contributed by atoms with Crippen molar-refractivity contribution in [2.75, 3.05) is 19.8 Å². The van der Waals surface area contributed by atoms with Crippen LogP contribution in [0.25, 0.3) is 0 Å². The van der Waals surface area contributed by atoms with E-state index in [-0.39, 0.29) is 28.6 Å². The number of halogens is 1. The molecule has 0 aliphatic heterocycles. The normalized spacial score (nSPS) is 11.6. The average molecular weight is 317 g/mol. The van der Waals surface area contributed by atoms with E-state index in [1.165, 1.54) is 18.2 Å². The minimum Gasteiger partial charge on any atom is -0.380 e. The van der Waals surface area contributed by atoms with Crippen molar-refractivity contribution in [3.05, 3.63) is 28.8 Å². The quantitative estimate of drug-likeness (QED) is 0.782. The molecule has 1 aromatic carbocycles. The number of nitrogens with one attached hydrogen (secondary N) is 1. The second-order valence-electron chi connectivity index (χ2n) is 4.62. The van der Waals surface area contributed by atoms with E-state index in [4.69, 9.17) is 21.6 Å². The molecule has 0 bridgehead atoms. The van der Waals surface area contributed by atoms with Crippen LogP contribution >= 0.6 is 11.6 Å². The molecule has 0 saturated heterocycles. The van der Waals surface area contributed by atoms with Gasteiger partial charge in [0.1, 0.15) is 4.90 Å². The standard InChI is InChI=1S/C13H17ClN2O3S/c1-10(2)9-19-6-5-16-20(17,18)13-7-11(8-15)3-4-12(13)14/h3-4,7,10,16H,5-6,9H2,1-2H3. The molecule has 1 N–H and O–H groups in total. The van der Waals surface area contributed by atoms with Gasteiger partial charge in [0.05, 0.1) is 23.3 Å². The molecule has 1 aromatic rings. The first-order chi connectivity index (χ1) is 9.36. The number of sulfonamides is 1. The van der Waals surface area contributed by atoms with Gasteiger partial charge in [-0.3, -0.25) is 0 Å². The van der Waals surface area contributed by atoms with Crippen molar-refractivity contribution in [3.63, 3.8) is 0 Å². The molecule has 110 valence electrons. The minimum atomic E-state index is -3.74. The summed E-state index contributed by atoms with van der Waals surface area (Å²) >= 11 is 5.86. The number of benzene rings is 1. The van der Waals surface area contributed by atoms with Crippen molar-refractivity contribution in [2.45, 2.75) is 18.7 Å². The van der Waals surface area contributed by atoms with Gasteiger partial charge in [0.2, 0.25) is 10.0 Å². The molecular formula is C13H17ClN2O3S. The minimum absolute atomic E-state index is 0.0830. The Morgan fingerprint density at radius 3 is 2.75 bits per heavy atom. The molecule has 0 fully saturated rings. The zero-order chi connectivity index (χ0) is 15.2. The summed E-state index contributed by atoms with van der Waals surface area (Å²) in [6.45, 7) is 5.04. The van der Waals surface area contributed by atoms with Crippen LogP contribution < -0.4 is 4.72 Å². The van der Waals surface area contributed by atoms with Crippen molar-refractivity contribution >= 4 is 21.6 Å². The largest absolute Gasteiger partial charge is 0.380 e. The Morgan fingerprint density at radius 2 is 2.15 bits per heavy atom. The summed E-state index contributed by atoms with van der Waals surface area (Å²) in [7, 11) is -3.74. The lowest BCUT2D eigenvalue weighted by Crippen LogP contribution is -2.28. The van der Waals surface area contributed by atoms with E-state index in [2.05, 4.69) is 4.72 Å². The highest BCUT2D eigenvalue weighted by Crippen LogP contribution is 2.22. The lowest BCUT2D eigenvalue weighted by Gasteiger charge is -2.10. The fraction of sp³-hybridized carbons (Fsp3) is 0.462. The molecule has 0 aromatic heterocycles. The first kappa shape index (κ1) is 16.9. The Bertz CT molecular complexity index is 594. The molecule has 5 nitrogen and oxygen atoms in total. The number of hydrogen-bond acceptors (Lipinski definition) is 4. The molecule has 20 heavy (non-hydrogen) atoms. The molecule has 0 aliphatic rings. The second kappa shape index (κ2) is 7.60. The van der Waals surface area contributed by atoms with Gasteiger partial charge in [0, 0.05) is 13.2 Å². The summed E-state index contributed by atoms with van der Waals surface area (Å²) in [6.07, 6.45) is 0. The fourth-order valence-electron chi connectivity index (χ4n) is 1.42. The summed E-state index contributed by atoms with van der Waals surface area (Å²) < 4.78 is 31.8. The van der Waals surface area contributed by atoms with Gasteiger partial charge in [-0.05, 0) is 24.1 Å². The van der Waals surface area contributed by atoms with Gasteiger partial charge in [0.25, 0.3) is 0 Å². The zero-order valence-corrected chi connectivity index (χ0v) is 13.0. The summed E-state index contributed by atoms with van der Waals surface area (Å²) in [5.41, 5.74) is 0.242. The average Bonchev–Trinajstić information content (AvgIpc) is 2.38. The monoisotopic (exact) mass is 316 g/mol. The van der Waals surface area contributed by atoms with Crippen molar-refractivity contribution < 1.29 is 13.2 Å². The molecule has 0 spiro atoms. The molecule has 0 aliphatic carbocycles. The van der Waals surface area contributed by atoms with Crippen molar-refractivity contribution in [2.24, 2.45) is 5.92 Å². The summed E-state index contributed by atoms with van der Waals surface area (Å²) in [5.74, 6) is 0.397. The van der Waals surface area contributed by atoms with Crippen LogP contribution in [0.3, 0.4) is 0 Å². The van der Waals surface area contributed by atoms with Crippen LogP contribution in [0.5, 0.6) is 0 Å². The third-order valence-corrected chi connectivity index (χ3v) is 4.28. The number of nitriles is 1. The number of ether oxygens (including phenoxy) is 1. The van der Waals surface area contributed by atoms with E-state index in [1.54, 1.807) is 0 Å². The van der Waals surface area contributed by atoms with E-state index in [9.17, 15) is 8.42 Å². The van der Waals surface area contributed by atoms with Crippen LogP contribution in [-0.4, -0.2) is 28.2 Å². The molecule has 0 heterocycles. The third kappa shape index (κ3) is 5.10. The van der Waals surface area contributed by atoms with Gasteiger partial charge in [-0.1, -0.05) is 25.4 Å². The predicted molar refractivity (Wildman–Crippen MR) is 77.0 cm³/mol. The molecule has 0 atom stereocenters. The van der Waals surface area contributed by atoms with Gasteiger partial charge in [0.15, 0.2) is 0 Å². The van der Waals surface area contributed by atoms with Crippen molar-refractivity contribution in [1.29, 1.82) is 5.26 Å². The first-order valence-electron chi connectivity index (χ1n) is 6.14. The lowest BCUT2D eigenvalue weighted by molar-refractivity contribution is 0.114. The molecule has 7 heteroatoms. The molecular weight excluding hydrogens is 300 g/mol. The Kier molecular flexibility index (Phi) is 6.43. The van der Waals surface area contributed by atoms with E-state index in [0.29, 0.717) is 12.5 Å². The zero-order valence-electron chi connectivity index (χ0n) is 11.4. The van der Waals surface area contributed by atoms with Crippen LogP contribution in [0.4, 0.5) is 0 Å². The summed E-state index contributed by atoms with van der Waals surface area (Å²) in [6, 6.07) is 5.99. The Balaban J connectivity index is 2.67. The van der Waals surface area contributed by atoms with Gasteiger partial charge >= 0.3 is 0 Å². The first-order valence-corrected chi connectivity index (χ1v) is 8.00. The highest BCUT2D eigenvalue weighted by atomic mass is 35.5. The number of hydrogen-bond donors (Lipinski definition) is 1. The van der Waals surface area contributed by atoms with Gasteiger partial charge in [-0.25, -0.2) is 13.1 Å². The van der Waals surface area contributed by atoms with Crippen LogP contribution in [0.1, 0.15) is 19.4 Å². The van der Waals surface area contributed by atoms with E-state index < -0.39 is 10.0 Å². The molecule has 0 saturated carbocycles. The second-order valence-corrected chi connectivity index (χ2v) is 6.77. The lowest BCUT2D eigenvalue weighted by atomic mass is 10.2. The Hall–Kier alpha value is -1.13. The molecule has 0 amide bonds. The van der Waals surface area contributed by atoms with E-state index >= 15 is 0 Å². The topological polar surface area (TPSA) is 79.2 Å². The van der Waals surface area contributed by atoms with Gasteiger partial charge in [-0.2, -0.15) is 5.26 Å². The maximum absolute atomic E-state index is 12.1. The SMILES string of the molecule is CC(C)COCCNS(=O)(=O)c1cc(C#N)ccc1Cl. The maximum Gasteiger partial charge on any atom is 0.242 e. The Morgan fingerprint density at radius 1 is 1.45 bits per heavy atom. The number of rotatable bonds is 7.